The van der Waals surface area contributed by atoms with E-state index in [1.54, 1.807) is 11.4 Å². The third-order valence-electron chi connectivity index (χ3n) is 3.89. The summed E-state index contributed by atoms with van der Waals surface area (Å²) in [6.45, 7) is 0.373. The number of aromatic nitrogens is 2. The summed E-state index contributed by atoms with van der Waals surface area (Å²) in [5, 5.41) is 7.18. The molecular formula is C19H14ClN3OS. The van der Waals surface area contributed by atoms with Crippen LogP contribution < -0.4 is 5.32 Å². The fourth-order valence-corrected chi connectivity index (χ4v) is 3.57. The summed E-state index contributed by atoms with van der Waals surface area (Å²) in [6.07, 6.45) is 0. The van der Waals surface area contributed by atoms with Crippen molar-refractivity contribution in [1.29, 1.82) is 0 Å². The molecule has 25 heavy (non-hydrogen) atoms. The van der Waals surface area contributed by atoms with E-state index in [2.05, 4.69) is 15.3 Å². The highest BCUT2D eigenvalue weighted by Gasteiger charge is 2.13. The van der Waals surface area contributed by atoms with Gasteiger partial charge in [0.2, 0.25) is 0 Å². The molecule has 4 rings (SSSR count). The third-order valence-corrected chi connectivity index (χ3v) is 5.14. The molecule has 0 radical (unpaired) electrons. The second-order valence-electron chi connectivity index (χ2n) is 5.58. The van der Waals surface area contributed by atoms with Gasteiger partial charge in [0.05, 0.1) is 5.69 Å². The Morgan fingerprint density at radius 2 is 1.96 bits per heavy atom. The molecule has 0 saturated heterocycles. The predicted octanol–water partition coefficient (Wildman–Crippen LogP) is 4.87. The molecular weight excluding hydrogens is 354 g/mol. The monoisotopic (exact) mass is 367 g/mol. The number of carbonyl (C=O) groups is 1. The van der Waals surface area contributed by atoms with E-state index in [0.29, 0.717) is 17.3 Å². The Labute approximate surface area is 153 Å². The number of rotatable bonds is 4. The van der Waals surface area contributed by atoms with Gasteiger partial charge in [-0.05, 0) is 23.8 Å². The summed E-state index contributed by atoms with van der Waals surface area (Å²) >= 11 is 7.55. The van der Waals surface area contributed by atoms with Crippen molar-refractivity contribution < 1.29 is 4.79 Å². The van der Waals surface area contributed by atoms with E-state index in [1.807, 2.05) is 48.5 Å². The van der Waals surface area contributed by atoms with E-state index >= 15 is 0 Å². The second kappa shape index (κ2) is 6.70. The van der Waals surface area contributed by atoms with Crippen LogP contribution in [0.25, 0.3) is 21.6 Å². The highest BCUT2D eigenvalue weighted by atomic mass is 35.5. The average Bonchev–Trinajstić information content (AvgIpc) is 3.27. The normalized spacial score (nSPS) is 10.9. The quantitative estimate of drug-likeness (QED) is 0.540. The summed E-state index contributed by atoms with van der Waals surface area (Å²) in [7, 11) is 0. The first kappa shape index (κ1) is 15.9. The molecule has 2 N–H and O–H groups in total. The Hall–Kier alpha value is -2.63. The highest BCUT2D eigenvalue weighted by molar-refractivity contribution is 7.13. The van der Waals surface area contributed by atoms with Crippen LogP contribution in [0.2, 0.25) is 5.02 Å². The predicted molar refractivity (Wildman–Crippen MR) is 102 cm³/mol. The van der Waals surface area contributed by atoms with E-state index in [-0.39, 0.29) is 5.91 Å². The number of thiazole rings is 1. The van der Waals surface area contributed by atoms with Gasteiger partial charge in [0.1, 0.15) is 10.7 Å². The zero-order valence-electron chi connectivity index (χ0n) is 13.1. The molecule has 2 heterocycles. The van der Waals surface area contributed by atoms with Gasteiger partial charge in [-0.2, -0.15) is 0 Å². The Morgan fingerprint density at radius 3 is 2.80 bits per heavy atom. The van der Waals surface area contributed by atoms with Crippen molar-refractivity contribution in [2.24, 2.45) is 0 Å². The largest absolute Gasteiger partial charge is 0.353 e. The van der Waals surface area contributed by atoms with Crippen LogP contribution in [0, 0.1) is 0 Å². The van der Waals surface area contributed by atoms with E-state index in [4.69, 9.17) is 11.6 Å². The molecule has 0 aliphatic heterocycles. The summed E-state index contributed by atoms with van der Waals surface area (Å²) < 4.78 is 0. The molecule has 0 fully saturated rings. The molecule has 0 saturated carbocycles. The van der Waals surface area contributed by atoms with Crippen molar-refractivity contribution in [3.63, 3.8) is 0 Å². The molecule has 1 amide bonds. The van der Waals surface area contributed by atoms with Gasteiger partial charge < -0.3 is 10.3 Å². The summed E-state index contributed by atoms with van der Waals surface area (Å²) in [4.78, 5) is 20.1. The van der Waals surface area contributed by atoms with E-state index in [9.17, 15) is 4.79 Å². The van der Waals surface area contributed by atoms with Crippen LogP contribution in [0.1, 0.15) is 16.1 Å². The molecule has 4 nitrogen and oxygen atoms in total. The van der Waals surface area contributed by atoms with Crippen LogP contribution >= 0.6 is 22.9 Å². The van der Waals surface area contributed by atoms with Crippen LogP contribution in [0.3, 0.4) is 0 Å². The Kier molecular flexibility index (Phi) is 4.26. The number of nitrogens with one attached hydrogen (secondary N) is 2. The molecule has 0 aliphatic rings. The lowest BCUT2D eigenvalue weighted by molar-refractivity contribution is 0.0946. The number of nitrogens with zero attached hydrogens (tertiary/aromatic N) is 1. The maximum Gasteiger partial charge on any atom is 0.271 e. The molecule has 0 unspecified atom stereocenters. The van der Waals surface area contributed by atoms with Gasteiger partial charge in [0.25, 0.3) is 5.91 Å². The van der Waals surface area contributed by atoms with Gasteiger partial charge in [-0.3, -0.25) is 4.79 Å². The standard InChI is InChI=1S/C19H14ClN3OS/c20-14-7-3-1-6-13(14)10-21-18(24)17-11-25-19(23-17)16-9-12-5-2-4-8-15(12)22-16/h1-9,11,22H,10H2,(H,21,24). The first-order valence-corrected chi connectivity index (χ1v) is 9.02. The van der Waals surface area contributed by atoms with Crippen molar-refractivity contribution in [2.45, 2.75) is 6.54 Å². The molecule has 2 aromatic carbocycles. The molecule has 124 valence electrons. The molecule has 4 aromatic rings. The smallest absolute Gasteiger partial charge is 0.271 e. The van der Waals surface area contributed by atoms with Gasteiger partial charge in [0, 0.05) is 27.9 Å². The Balaban J connectivity index is 1.50. The van der Waals surface area contributed by atoms with Crippen molar-refractivity contribution in [3.05, 3.63) is 76.3 Å². The van der Waals surface area contributed by atoms with E-state index < -0.39 is 0 Å². The molecule has 0 spiro atoms. The topological polar surface area (TPSA) is 57.8 Å². The van der Waals surface area contributed by atoms with E-state index in [1.165, 1.54) is 11.3 Å². The van der Waals surface area contributed by atoms with Gasteiger partial charge in [-0.15, -0.1) is 11.3 Å². The van der Waals surface area contributed by atoms with E-state index in [0.717, 1.165) is 27.2 Å². The number of hydrogen-bond acceptors (Lipinski definition) is 3. The maximum absolute atomic E-state index is 12.3. The van der Waals surface area contributed by atoms with Crippen molar-refractivity contribution in [3.8, 4) is 10.7 Å². The minimum absolute atomic E-state index is 0.210. The molecule has 6 heteroatoms. The molecule has 0 aliphatic carbocycles. The molecule has 0 atom stereocenters. The second-order valence-corrected chi connectivity index (χ2v) is 6.85. The van der Waals surface area contributed by atoms with Crippen LogP contribution in [0.15, 0.2) is 60.0 Å². The van der Waals surface area contributed by atoms with Gasteiger partial charge in [-0.1, -0.05) is 48.0 Å². The first-order valence-electron chi connectivity index (χ1n) is 7.76. The third kappa shape index (κ3) is 3.29. The van der Waals surface area contributed by atoms with Crippen LogP contribution in [0.4, 0.5) is 0 Å². The van der Waals surface area contributed by atoms with Crippen LogP contribution in [-0.2, 0) is 6.54 Å². The number of hydrogen-bond donors (Lipinski definition) is 2. The lowest BCUT2D eigenvalue weighted by Gasteiger charge is -2.05. The number of carbonyl (C=O) groups excluding carboxylic acids is 1. The van der Waals surface area contributed by atoms with Crippen molar-refractivity contribution >= 4 is 39.7 Å². The van der Waals surface area contributed by atoms with Crippen molar-refractivity contribution in [2.75, 3.05) is 0 Å². The number of amides is 1. The van der Waals surface area contributed by atoms with Gasteiger partial charge >= 0.3 is 0 Å². The number of fused-ring (bicyclic) bond motifs is 1. The maximum atomic E-state index is 12.3. The van der Waals surface area contributed by atoms with Crippen molar-refractivity contribution in [1.82, 2.24) is 15.3 Å². The number of halogens is 1. The molecule has 2 aromatic heterocycles. The fraction of sp³-hybridized carbons (Fsp3) is 0.0526. The summed E-state index contributed by atoms with van der Waals surface area (Å²) in [5.41, 5.74) is 3.25. The average molecular weight is 368 g/mol. The zero-order valence-corrected chi connectivity index (χ0v) is 14.7. The number of para-hydroxylation sites is 1. The zero-order chi connectivity index (χ0) is 17.2. The fourth-order valence-electron chi connectivity index (χ4n) is 2.60. The lowest BCUT2D eigenvalue weighted by atomic mass is 10.2. The first-order chi connectivity index (χ1) is 12.2. The lowest BCUT2D eigenvalue weighted by Crippen LogP contribution is -2.23. The summed E-state index contributed by atoms with van der Waals surface area (Å²) in [5.74, 6) is -0.210. The minimum atomic E-state index is -0.210. The Bertz CT molecular complexity index is 1020. The number of benzene rings is 2. The molecule has 0 bridgehead atoms. The van der Waals surface area contributed by atoms with Crippen LogP contribution in [-0.4, -0.2) is 15.9 Å². The van der Waals surface area contributed by atoms with Gasteiger partial charge in [-0.25, -0.2) is 4.98 Å². The highest BCUT2D eigenvalue weighted by Crippen LogP contribution is 2.26. The minimum Gasteiger partial charge on any atom is -0.353 e. The SMILES string of the molecule is O=C(NCc1ccccc1Cl)c1csc(-c2cc3ccccc3[nH]2)n1. The summed E-state index contributed by atoms with van der Waals surface area (Å²) in [6, 6.07) is 17.5. The Morgan fingerprint density at radius 1 is 1.16 bits per heavy atom. The number of aromatic amines is 1. The van der Waals surface area contributed by atoms with Crippen LogP contribution in [0.5, 0.6) is 0 Å². The number of H-pyrrole nitrogens is 1. The van der Waals surface area contributed by atoms with Gasteiger partial charge in [0.15, 0.2) is 0 Å².